The van der Waals surface area contributed by atoms with Gasteiger partial charge in [0.25, 0.3) is 5.91 Å². The van der Waals surface area contributed by atoms with Gasteiger partial charge in [-0.25, -0.2) is 4.79 Å². The van der Waals surface area contributed by atoms with Crippen molar-refractivity contribution in [3.63, 3.8) is 0 Å². The van der Waals surface area contributed by atoms with Crippen LogP contribution in [0.2, 0.25) is 10.0 Å². The topological polar surface area (TPSA) is 93.7 Å². The Morgan fingerprint density at radius 2 is 1.58 bits per heavy atom. The second-order valence-corrected chi connectivity index (χ2v) is 9.26. The van der Waals surface area contributed by atoms with Crippen LogP contribution in [0.15, 0.2) is 24.3 Å². The number of rotatable bonds is 13. The number of amides is 2. The molecule has 1 aromatic carbocycles. The van der Waals surface area contributed by atoms with Gasteiger partial charge in [0.15, 0.2) is 12.4 Å². The van der Waals surface area contributed by atoms with Crippen molar-refractivity contribution < 1.29 is 23.9 Å². The van der Waals surface area contributed by atoms with Gasteiger partial charge in [-0.1, -0.05) is 49.5 Å². The van der Waals surface area contributed by atoms with Crippen LogP contribution >= 0.6 is 23.2 Å². The molecule has 0 aliphatic carbocycles. The minimum absolute atomic E-state index is 0.0790. The van der Waals surface area contributed by atoms with Gasteiger partial charge in [-0.3, -0.25) is 9.59 Å². The molecule has 0 aliphatic rings. The normalized spacial score (nSPS) is 11.0. The Hall–Kier alpha value is -2.25. The SMILES string of the molecule is C=C(CC)C(=O)c1ccc(OCC(=O)NCCCCCCNC(=O)OC(C)(C)C)c(Cl)c1Cl. The summed E-state index contributed by atoms with van der Waals surface area (Å²) in [7, 11) is 0. The number of benzene rings is 1. The van der Waals surface area contributed by atoms with Crippen LogP contribution < -0.4 is 15.4 Å². The number of ether oxygens (including phenoxy) is 2. The zero-order valence-electron chi connectivity index (χ0n) is 19.8. The number of halogens is 2. The third-order valence-corrected chi connectivity index (χ3v) is 5.36. The van der Waals surface area contributed by atoms with Crippen molar-refractivity contribution in [3.8, 4) is 5.75 Å². The number of carbonyl (C=O) groups is 3. The van der Waals surface area contributed by atoms with Gasteiger partial charge < -0.3 is 20.1 Å². The van der Waals surface area contributed by atoms with Crippen LogP contribution in [0.3, 0.4) is 0 Å². The van der Waals surface area contributed by atoms with Gasteiger partial charge in [-0.15, -0.1) is 0 Å². The van der Waals surface area contributed by atoms with Crippen LogP contribution in [-0.2, 0) is 9.53 Å². The summed E-state index contributed by atoms with van der Waals surface area (Å²) in [5.74, 6) is -0.324. The number of nitrogens with one attached hydrogen (secondary N) is 2. The molecule has 0 aliphatic heterocycles. The average Bonchev–Trinajstić information content (AvgIpc) is 2.74. The van der Waals surface area contributed by atoms with Crippen molar-refractivity contribution in [1.29, 1.82) is 0 Å². The van der Waals surface area contributed by atoms with Gasteiger partial charge in [0, 0.05) is 18.7 Å². The summed E-state index contributed by atoms with van der Waals surface area (Å²) in [6, 6.07) is 3.03. The molecule has 0 radical (unpaired) electrons. The summed E-state index contributed by atoms with van der Waals surface area (Å²) in [5, 5.41) is 5.66. The van der Waals surface area contributed by atoms with E-state index in [0.29, 0.717) is 25.1 Å². The molecule has 0 bridgehead atoms. The largest absolute Gasteiger partial charge is 0.482 e. The van der Waals surface area contributed by atoms with E-state index in [4.69, 9.17) is 32.7 Å². The highest BCUT2D eigenvalue weighted by atomic mass is 35.5. The summed E-state index contributed by atoms with van der Waals surface area (Å²) in [4.78, 5) is 35.8. The van der Waals surface area contributed by atoms with E-state index in [1.165, 1.54) is 12.1 Å². The van der Waals surface area contributed by atoms with Crippen molar-refractivity contribution in [2.24, 2.45) is 0 Å². The molecule has 0 fully saturated rings. The van der Waals surface area contributed by atoms with E-state index in [0.717, 1.165) is 25.7 Å². The predicted octanol–water partition coefficient (Wildman–Crippen LogP) is 5.72. The minimum atomic E-state index is -0.504. The van der Waals surface area contributed by atoms with Crippen LogP contribution in [-0.4, -0.2) is 43.1 Å². The van der Waals surface area contributed by atoms with E-state index >= 15 is 0 Å². The van der Waals surface area contributed by atoms with Crippen molar-refractivity contribution in [1.82, 2.24) is 10.6 Å². The number of alkyl carbamates (subject to hydrolysis) is 1. The van der Waals surface area contributed by atoms with Crippen LogP contribution in [0.4, 0.5) is 4.79 Å². The predicted molar refractivity (Wildman–Crippen MR) is 131 cm³/mol. The summed E-state index contributed by atoms with van der Waals surface area (Å²) in [6.45, 7) is 11.9. The zero-order chi connectivity index (χ0) is 25.0. The second-order valence-electron chi connectivity index (χ2n) is 8.51. The fourth-order valence-corrected chi connectivity index (χ4v) is 3.16. The monoisotopic (exact) mass is 500 g/mol. The van der Waals surface area contributed by atoms with Crippen molar-refractivity contribution in [2.75, 3.05) is 19.7 Å². The summed E-state index contributed by atoms with van der Waals surface area (Å²) < 4.78 is 10.6. The molecular weight excluding hydrogens is 467 g/mol. The quantitative estimate of drug-likeness (QED) is 0.205. The molecule has 0 spiro atoms. The molecule has 0 aromatic heterocycles. The van der Waals surface area contributed by atoms with Crippen LogP contribution in [0.25, 0.3) is 0 Å². The Kier molecular flexibility index (Phi) is 12.3. The summed E-state index contributed by atoms with van der Waals surface area (Å²) in [6.07, 6.45) is 3.57. The molecule has 1 rings (SSSR count). The molecule has 33 heavy (non-hydrogen) atoms. The maximum Gasteiger partial charge on any atom is 0.407 e. The molecule has 0 heterocycles. The molecule has 184 valence electrons. The first kappa shape index (κ1) is 28.8. The first-order valence-corrected chi connectivity index (χ1v) is 11.8. The lowest BCUT2D eigenvalue weighted by Crippen LogP contribution is -2.33. The number of allylic oxidation sites excluding steroid dienone is 1. The van der Waals surface area contributed by atoms with Crippen LogP contribution in [0, 0.1) is 0 Å². The molecule has 0 unspecified atom stereocenters. The number of unbranched alkanes of at least 4 members (excludes halogenated alkanes) is 3. The van der Waals surface area contributed by atoms with Crippen molar-refractivity contribution in [2.45, 2.75) is 65.4 Å². The zero-order valence-corrected chi connectivity index (χ0v) is 21.3. The van der Waals surface area contributed by atoms with E-state index in [2.05, 4.69) is 17.2 Å². The maximum atomic E-state index is 12.3. The highest BCUT2D eigenvalue weighted by Crippen LogP contribution is 2.35. The van der Waals surface area contributed by atoms with E-state index < -0.39 is 11.7 Å². The number of Topliss-reactive ketones (excluding diaryl/α,β-unsaturated/α-hetero) is 1. The molecule has 9 heteroatoms. The Bertz CT molecular complexity index is 850. The lowest BCUT2D eigenvalue weighted by atomic mass is 10.0. The van der Waals surface area contributed by atoms with Crippen molar-refractivity contribution in [3.05, 3.63) is 39.9 Å². The molecule has 0 saturated heterocycles. The smallest absolute Gasteiger partial charge is 0.407 e. The van der Waals surface area contributed by atoms with Gasteiger partial charge in [0.2, 0.25) is 0 Å². The molecule has 0 atom stereocenters. The molecular formula is C24H34Cl2N2O5. The third kappa shape index (κ3) is 10.9. The minimum Gasteiger partial charge on any atom is -0.482 e. The first-order chi connectivity index (χ1) is 15.5. The second kappa shape index (κ2) is 14.1. The highest BCUT2D eigenvalue weighted by Gasteiger charge is 2.18. The standard InChI is InChI=1S/C24H34Cl2N2O5/c1-6-16(2)22(30)17-11-12-18(21(26)20(17)25)32-15-19(29)27-13-9-7-8-10-14-28-23(31)33-24(3,4)5/h11-12H,2,6-10,13-15H2,1,3-5H3,(H,27,29)(H,28,31). The molecule has 0 saturated carbocycles. The lowest BCUT2D eigenvalue weighted by molar-refractivity contribution is -0.123. The summed E-state index contributed by atoms with van der Waals surface area (Å²) in [5.41, 5.74) is 0.183. The van der Waals surface area contributed by atoms with E-state index in [-0.39, 0.29) is 39.7 Å². The first-order valence-electron chi connectivity index (χ1n) is 11.0. The molecule has 7 nitrogen and oxygen atoms in total. The Balaban J connectivity index is 2.26. The molecule has 2 amide bonds. The lowest BCUT2D eigenvalue weighted by Gasteiger charge is -2.19. The van der Waals surface area contributed by atoms with Gasteiger partial charge in [-0.05, 0) is 57.7 Å². The number of hydrogen-bond acceptors (Lipinski definition) is 5. The Morgan fingerprint density at radius 3 is 2.15 bits per heavy atom. The van der Waals surface area contributed by atoms with Crippen LogP contribution in [0.1, 0.15) is 70.2 Å². The fraction of sp³-hybridized carbons (Fsp3) is 0.542. The summed E-state index contributed by atoms with van der Waals surface area (Å²) >= 11 is 12.4. The number of ketones is 1. The van der Waals surface area contributed by atoms with E-state index in [1.807, 2.05) is 27.7 Å². The molecule has 1 aromatic rings. The van der Waals surface area contributed by atoms with Gasteiger partial charge in [0.05, 0.1) is 5.02 Å². The Morgan fingerprint density at radius 1 is 0.970 bits per heavy atom. The average molecular weight is 501 g/mol. The highest BCUT2D eigenvalue weighted by molar-refractivity contribution is 6.45. The van der Waals surface area contributed by atoms with Gasteiger partial charge in [0.1, 0.15) is 16.4 Å². The fourth-order valence-electron chi connectivity index (χ4n) is 2.70. The Labute approximate surface area is 206 Å². The van der Waals surface area contributed by atoms with Crippen molar-refractivity contribution >= 4 is 41.0 Å². The van der Waals surface area contributed by atoms with E-state index in [9.17, 15) is 14.4 Å². The molecule has 2 N–H and O–H groups in total. The maximum absolute atomic E-state index is 12.3. The van der Waals surface area contributed by atoms with E-state index in [1.54, 1.807) is 0 Å². The van der Waals surface area contributed by atoms with Crippen LogP contribution in [0.5, 0.6) is 5.75 Å². The number of hydrogen-bond donors (Lipinski definition) is 2. The third-order valence-electron chi connectivity index (χ3n) is 4.49. The van der Waals surface area contributed by atoms with Gasteiger partial charge >= 0.3 is 6.09 Å². The number of carbonyl (C=O) groups excluding carboxylic acids is 3. The van der Waals surface area contributed by atoms with Gasteiger partial charge in [-0.2, -0.15) is 0 Å².